The third kappa shape index (κ3) is 3.07. The molecular weight excluding hydrogens is 232 g/mol. The molecule has 0 spiro atoms. The van der Waals surface area contributed by atoms with Gasteiger partial charge in [-0.15, -0.1) is 5.10 Å². The second-order valence-electron chi connectivity index (χ2n) is 4.44. The minimum absolute atomic E-state index is 0.406. The molecule has 0 bridgehead atoms. The van der Waals surface area contributed by atoms with Crippen LogP contribution in [-0.2, 0) is 22.4 Å². The standard InChI is InChI=1S/C12H22N4O2/c1-2-17-8-6-16-12(10-4-7-18-9-10)11(3-5-13)14-15-16/h10H,2-9,13H2,1H3. The van der Waals surface area contributed by atoms with E-state index in [1.807, 2.05) is 11.6 Å². The highest BCUT2D eigenvalue weighted by atomic mass is 16.5. The minimum Gasteiger partial charge on any atom is -0.381 e. The fourth-order valence-corrected chi connectivity index (χ4v) is 2.33. The quantitative estimate of drug-likeness (QED) is 0.709. The van der Waals surface area contributed by atoms with E-state index in [2.05, 4.69) is 10.3 Å². The summed E-state index contributed by atoms with van der Waals surface area (Å²) < 4.78 is 12.8. The zero-order valence-electron chi connectivity index (χ0n) is 11.0. The van der Waals surface area contributed by atoms with E-state index < -0.39 is 0 Å². The van der Waals surface area contributed by atoms with Crippen molar-refractivity contribution in [2.24, 2.45) is 5.73 Å². The topological polar surface area (TPSA) is 75.2 Å². The lowest BCUT2D eigenvalue weighted by Crippen LogP contribution is -2.15. The van der Waals surface area contributed by atoms with Gasteiger partial charge in [-0.05, 0) is 19.9 Å². The van der Waals surface area contributed by atoms with Gasteiger partial charge in [0, 0.05) is 25.6 Å². The Kier molecular flexibility index (Phi) is 5.10. The average molecular weight is 254 g/mol. The van der Waals surface area contributed by atoms with Crippen molar-refractivity contribution in [1.82, 2.24) is 15.0 Å². The second-order valence-corrected chi connectivity index (χ2v) is 4.44. The number of aromatic nitrogens is 3. The summed E-state index contributed by atoms with van der Waals surface area (Å²) >= 11 is 0. The molecule has 1 aromatic heterocycles. The summed E-state index contributed by atoms with van der Waals surface area (Å²) in [6, 6.07) is 0. The van der Waals surface area contributed by atoms with Crippen LogP contribution in [0.2, 0.25) is 0 Å². The van der Waals surface area contributed by atoms with Crippen LogP contribution in [0.1, 0.15) is 30.7 Å². The van der Waals surface area contributed by atoms with Crippen molar-refractivity contribution in [3.63, 3.8) is 0 Å². The van der Waals surface area contributed by atoms with Crippen LogP contribution in [0.3, 0.4) is 0 Å². The van der Waals surface area contributed by atoms with Crippen LogP contribution in [0.25, 0.3) is 0 Å². The average Bonchev–Trinajstić information content (AvgIpc) is 2.99. The first-order valence-electron chi connectivity index (χ1n) is 6.64. The molecule has 102 valence electrons. The maximum Gasteiger partial charge on any atom is 0.0875 e. The molecule has 0 amide bonds. The van der Waals surface area contributed by atoms with Gasteiger partial charge >= 0.3 is 0 Å². The molecule has 2 heterocycles. The number of nitrogens with zero attached hydrogens (tertiary/aromatic N) is 3. The summed E-state index contributed by atoms with van der Waals surface area (Å²) in [4.78, 5) is 0. The van der Waals surface area contributed by atoms with Crippen molar-refractivity contribution in [3.8, 4) is 0 Å². The van der Waals surface area contributed by atoms with Crippen LogP contribution in [-0.4, -0.2) is 48.0 Å². The first-order valence-corrected chi connectivity index (χ1v) is 6.64. The molecule has 0 radical (unpaired) electrons. The Hall–Kier alpha value is -0.980. The number of ether oxygens (including phenoxy) is 2. The Morgan fingerprint density at radius 2 is 2.44 bits per heavy atom. The zero-order valence-corrected chi connectivity index (χ0v) is 11.0. The third-order valence-electron chi connectivity index (χ3n) is 3.20. The first-order chi connectivity index (χ1) is 8.86. The Morgan fingerprint density at radius 3 is 3.11 bits per heavy atom. The van der Waals surface area contributed by atoms with E-state index in [0.717, 1.165) is 44.9 Å². The summed E-state index contributed by atoms with van der Waals surface area (Å²) in [5, 5.41) is 8.48. The highest BCUT2D eigenvalue weighted by Crippen LogP contribution is 2.27. The van der Waals surface area contributed by atoms with Crippen LogP contribution in [0.15, 0.2) is 0 Å². The highest BCUT2D eigenvalue weighted by Gasteiger charge is 2.25. The predicted molar refractivity (Wildman–Crippen MR) is 67.5 cm³/mol. The Bertz CT molecular complexity index is 361. The summed E-state index contributed by atoms with van der Waals surface area (Å²) in [5.74, 6) is 0.406. The lowest BCUT2D eigenvalue weighted by atomic mass is 10.0. The third-order valence-corrected chi connectivity index (χ3v) is 3.20. The fraction of sp³-hybridized carbons (Fsp3) is 0.833. The molecule has 1 aromatic rings. The number of nitrogens with two attached hydrogens (primary N) is 1. The van der Waals surface area contributed by atoms with Gasteiger partial charge in [-0.1, -0.05) is 5.21 Å². The molecule has 6 nitrogen and oxygen atoms in total. The molecule has 0 saturated carbocycles. The lowest BCUT2D eigenvalue weighted by Gasteiger charge is -2.12. The predicted octanol–water partition coefficient (Wildman–Crippen LogP) is 0.320. The minimum atomic E-state index is 0.406. The molecule has 18 heavy (non-hydrogen) atoms. The van der Waals surface area contributed by atoms with E-state index in [4.69, 9.17) is 15.2 Å². The van der Waals surface area contributed by atoms with Gasteiger partial charge in [-0.3, -0.25) is 0 Å². The van der Waals surface area contributed by atoms with Crippen LogP contribution < -0.4 is 5.73 Å². The van der Waals surface area contributed by atoms with Crippen molar-refractivity contribution in [2.45, 2.75) is 32.2 Å². The summed E-state index contributed by atoms with van der Waals surface area (Å²) in [6.07, 6.45) is 1.82. The van der Waals surface area contributed by atoms with E-state index in [-0.39, 0.29) is 0 Å². The van der Waals surface area contributed by atoms with Crippen LogP contribution >= 0.6 is 0 Å². The van der Waals surface area contributed by atoms with E-state index >= 15 is 0 Å². The molecule has 0 aliphatic carbocycles. The molecule has 1 atom stereocenters. The van der Waals surface area contributed by atoms with Gasteiger partial charge in [0.25, 0.3) is 0 Å². The lowest BCUT2D eigenvalue weighted by molar-refractivity contribution is 0.134. The second kappa shape index (κ2) is 6.82. The molecule has 1 fully saturated rings. The molecule has 0 aromatic carbocycles. The molecule has 1 aliphatic rings. The van der Waals surface area contributed by atoms with Crippen molar-refractivity contribution in [1.29, 1.82) is 0 Å². The molecule has 1 saturated heterocycles. The van der Waals surface area contributed by atoms with Gasteiger partial charge in [-0.25, -0.2) is 4.68 Å². The fourth-order valence-electron chi connectivity index (χ4n) is 2.33. The van der Waals surface area contributed by atoms with E-state index in [1.54, 1.807) is 0 Å². The molecule has 2 rings (SSSR count). The van der Waals surface area contributed by atoms with Crippen molar-refractivity contribution < 1.29 is 9.47 Å². The smallest absolute Gasteiger partial charge is 0.0875 e. The summed E-state index contributed by atoms with van der Waals surface area (Å²) in [5.41, 5.74) is 7.84. The monoisotopic (exact) mass is 254 g/mol. The van der Waals surface area contributed by atoms with Gasteiger partial charge in [0.2, 0.25) is 0 Å². The molecule has 1 aliphatic heterocycles. The Morgan fingerprint density at radius 1 is 1.56 bits per heavy atom. The number of hydrogen-bond acceptors (Lipinski definition) is 5. The number of rotatable bonds is 7. The van der Waals surface area contributed by atoms with Gasteiger partial charge in [-0.2, -0.15) is 0 Å². The molecule has 6 heteroatoms. The molecular formula is C12H22N4O2. The van der Waals surface area contributed by atoms with Gasteiger partial charge < -0.3 is 15.2 Å². The van der Waals surface area contributed by atoms with Gasteiger partial charge in [0.05, 0.1) is 31.1 Å². The Balaban J connectivity index is 2.11. The SMILES string of the molecule is CCOCCn1nnc(CCN)c1C1CCOC1. The maximum atomic E-state index is 5.63. The summed E-state index contributed by atoms with van der Waals surface area (Å²) in [7, 11) is 0. The van der Waals surface area contributed by atoms with E-state index in [1.165, 1.54) is 5.69 Å². The number of hydrogen-bond donors (Lipinski definition) is 1. The highest BCUT2D eigenvalue weighted by molar-refractivity contribution is 5.17. The van der Waals surface area contributed by atoms with Crippen molar-refractivity contribution >= 4 is 0 Å². The largest absolute Gasteiger partial charge is 0.381 e. The van der Waals surface area contributed by atoms with E-state index in [0.29, 0.717) is 19.1 Å². The van der Waals surface area contributed by atoms with E-state index in [9.17, 15) is 0 Å². The van der Waals surface area contributed by atoms with Crippen LogP contribution in [0.5, 0.6) is 0 Å². The zero-order chi connectivity index (χ0) is 12.8. The normalized spacial score (nSPS) is 19.6. The van der Waals surface area contributed by atoms with Gasteiger partial charge in [0.1, 0.15) is 0 Å². The Labute approximate surface area is 107 Å². The summed E-state index contributed by atoms with van der Waals surface area (Å²) in [6.45, 7) is 6.33. The van der Waals surface area contributed by atoms with Crippen molar-refractivity contribution in [3.05, 3.63) is 11.4 Å². The van der Waals surface area contributed by atoms with Crippen LogP contribution in [0.4, 0.5) is 0 Å². The molecule has 1 unspecified atom stereocenters. The first kappa shape index (κ1) is 13.5. The van der Waals surface area contributed by atoms with Crippen LogP contribution in [0, 0.1) is 0 Å². The maximum absolute atomic E-state index is 5.63. The van der Waals surface area contributed by atoms with Crippen molar-refractivity contribution in [2.75, 3.05) is 33.0 Å². The van der Waals surface area contributed by atoms with Gasteiger partial charge in [0.15, 0.2) is 0 Å². The molecule has 2 N–H and O–H groups in total.